The Kier molecular flexibility index (Phi) is 4.45. The quantitative estimate of drug-likeness (QED) is 0.722. The number of imidazole rings is 1. The van der Waals surface area contributed by atoms with Crippen LogP contribution in [-0.4, -0.2) is 40.1 Å². The topological polar surface area (TPSA) is 63.5 Å². The van der Waals surface area contributed by atoms with E-state index in [0.717, 1.165) is 31.1 Å². The SMILES string of the molecule is FC(F)(F)Oc1cccc(-c2cn3nc(NC4CCNCC4)sc3n2)c1. The van der Waals surface area contributed by atoms with Crippen LogP contribution in [0.5, 0.6) is 5.75 Å². The van der Waals surface area contributed by atoms with Crippen LogP contribution in [-0.2, 0) is 0 Å². The summed E-state index contributed by atoms with van der Waals surface area (Å²) in [6, 6.07) is 6.15. The van der Waals surface area contributed by atoms with E-state index in [9.17, 15) is 13.2 Å². The van der Waals surface area contributed by atoms with E-state index >= 15 is 0 Å². The van der Waals surface area contributed by atoms with E-state index in [1.54, 1.807) is 16.8 Å². The number of nitrogens with zero attached hydrogens (tertiary/aromatic N) is 3. The lowest BCUT2D eigenvalue weighted by molar-refractivity contribution is -0.274. The molecule has 1 aliphatic rings. The lowest BCUT2D eigenvalue weighted by Crippen LogP contribution is -2.35. The molecule has 2 N–H and O–H groups in total. The van der Waals surface area contributed by atoms with Gasteiger partial charge in [-0.2, -0.15) is 0 Å². The second-order valence-electron chi connectivity index (χ2n) is 6.00. The molecule has 2 aromatic heterocycles. The summed E-state index contributed by atoms with van der Waals surface area (Å²) < 4.78 is 42.7. The maximum Gasteiger partial charge on any atom is 0.573 e. The van der Waals surface area contributed by atoms with E-state index in [1.807, 2.05) is 0 Å². The molecule has 10 heteroatoms. The molecule has 138 valence electrons. The van der Waals surface area contributed by atoms with Crippen LogP contribution in [0.2, 0.25) is 0 Å². The van der Waals surface area contributed by atoms with Gasteiger partial charge in [-0.3, -0.25) is 0 Å². The molecule has 6 nitrogen and oxygen atoms in total. The van der Waals surface area contributed by atoms with Gasteiger partial charge in [0.25, 0.3) is 0 Å². The van der Waals surface area contributed by atoms with Crippen molar-refractivity contribution in [3.63, 3.8) is 0 Å². The highest BCUT2D eigenvalue weighted by atomic mass is 32.1. The standard InChI is InChI=1S/C16H16F3N5OS/c17-16(18,19)25-12-3-1-2-10(8-12)13-9-24-15(22-13)26-14(23-24)21-11-4-6-20-7-5-11/h1-3,8-9,11,20H,4-7H2,(H,21,23). The van der Waals surface area contributed by atoms with Crippen molar-refractivity contribution in [1.29, 1.82) is 0 Å². The Hall–Kier alpha value is -2.33. The predicted octanol–water partition coefficient (Wildman–Crippen LogP) is 3.52. The lowest BCUT2D eigenvalue weighted by atomic mass is 10.1. The molecule has 0 radical (unpaired) electrons. The zero-order valence-electron chi connectivity index (χ0n) is 13.6. The fourth-order valence-corrected chi connectivity index (χ4v) is 3.75. The minimum atomic E-state index is -4.72. The van der Waals surface area contributed by atoms with E-state index in [2.05, 4.69) is 25.5 Å². The fraction of sp³-hybridized carbons (Fsp3) is 0.375. The number of anilines is 1. The summed E-state index contributed by atoms with van der Waals surface area (Å²) in [6.07, 6.45) is -0.936. The van der Waals surface area contributed by atoms with Crippen LogP contribution in [0.3, 0.4) is 0 Å². The van der Waals surface area contributed by atoms with E-state index in [4.69, 9.17) is 0 Å². The van der Waals surface area contributed by atoms with Crippen molar-refractivity contribution in [2.24, 2.45) is 0 Å². The second-order valence-corrected chi connectivity index (χ2v) is 6.96. The number of ether oxygens (including phenoxy) is 1. The van der Waals surface area contributed by atoms with Gasteiger partial charge in [0.15, 0.2) is 0 Å². The monoisotopic (exact) mass is 383 g/mol. The fourth-order valence-electron chi connectivity index (χ4n) is 2.89. The third-order valence-corrected chi connectivity index (χ3v) is 4.93. The van der Waals surface area contributed by atoms with E-state index < -0.39 is 6.36 Å². The van der Waals surface area contributed by atoms with Crippen LogP contribution in [0.4, 0.5) is 18.3 Å². The Labute approximate surface area is 151 Å². The third-order valence-electron chi connectivity index (χ3n) is 4.07. The van der Waals surface area contributed by atoms with Crippen molar-refractivity contribution in [3.05, 3.63) is 30.5 Å². The summed E-state index contributed by atoms with van der Waals surface area (Å²) in [5.41, 5.74) is 1.09. The van der Waals surface area contributed by atoms with Crippen LogP contribution in [0.1, 0.15) is 12.8 Å². The number of aromatic nitrogens is 3. The number of halogens is 3. The Bertz CT molecular complexity index is 869. The zero-order chi connectivity index (χ0) is 18.1. The van der Waals surface area contributed by atoms with Gasteiger partial charge in [0, 0.05) is 11.6 Å². The minimum Gasteiger partial charge on any atom is -0.406 e. The van der Waals surface area contributed by atoms with Gasteiger partial charge < -0.3 is 15.4 Å². The van der Waals surface area contributed by atoms with Gasteiger partial charge in [-0.05, 0) is 38.1 Å². The third kappa shape index (κ3) is 3.91. The second kappa shape index (κ2) is 6.76. The first kappa shape index (κ1) is 17.1. The van der Waals surface area contributed by atoms with Gasteiger partial charge in [-0.25, -0.2) is 9.50 Å². The first-order chi connectivity index (χ1) is 12.5. The van der Waals surface area contributed by atoms with Crippen molar-refractivity contribution in [3.8, 4) is 17.0 Å². The molecule has 0 saturated carbocycles. The first-order valence-corrected chi connectivity index (χ1v) is 8.97. The Balaban J connectivity index is 1.53. The summed E-state index contributed by atoms with van der Waals surface area (Å²) in [7, 11) is 0. The van der Waals surface area contributed by atoms with E-state index in [-0.39, 0.29) is 5.75 Å². The summed E-state index contributed by atoms with van der Waals surface area (Å²) in [5.74, 6) is -0.271. The molecule has 0 aliphatic carbocycles. The molecule has 0 atom stereocenters. The van der Waals surface area contributed by atoms with Gasteiger partial charge in [0.1, 0.15) is 5.75 Å². The highest BCUT2D eigenvalue weighted by molar-refractivity contribution is 7.20. The van der Waals surface area contributed by atoms with Crippen LogP contribution in [0.15, 0.2) is 30.5 Å². The largest absolute Gasteiger partial charge is 0.573 e. The smallest absolute Gasteiger partial charge is 0.406 e. The predicted molar refractivity (Wildman–Crippen MR) is 92.5 cm³/mol. The highest BCUT2D eigenvalue weighted by Gasteiger charge is 2.31. The van der Waals surface area contributed by atoms with Crippen molar-refractivity contribution in [1.82, 2.24) is 19.9 Å². The molecule has 1 aromatic carbocycles. The maximum absolute atomic E-state index is 12.4. The van der Waals surface area contributed by atoms with Crippen molar-refractivity contribution in [2.45, 2.75) is 25.2 Å². The summed E-state index contributed by atoms with van der Waals surface area (Å²) in [4.78, 5) is 5.14. The number of alkyl halides is 3. The molecule has 0 unspecified atom stereocenters. The van der Waals surface area contributed by atoms with Gasteiger partial charge in [-0.1, -0.05) is 23.5 Å². The normalized spacial score (nSPS) is 16.1. The van der Waals surface area contributed by atoms with Crippen LogP contribution in [0, 0.1) is 0 Å². The number of hydrogen-bond donors (Lipinski definition) is 2. The van der Waals surface area contributed by atoms with Crippen molar-refractivity contribution in [2.75, 3.05) is 18.4 Å². The van der Waals surface area contributed by atoms with Gasteiger partial charge in [-0.15, -0.1) is 18.3 Å². The van der Waals surface area contributed by atoms with Crippen LogP contribution < -0.4 is 15.4 Å². The number of benzene rings is 1. The first-order valence-electron chi connectivity index (χ1n) is 8.16. The molecule has 0 bridgehead atoms. The minimum absolute atomic E-state index is 0.271. The average molecular weight is 383 g/mol. The van der Waals surface area contributed by atoms with Gasteiger partial charge in [0.2, 0.25) is 10.1 Å². The van der Waals surface area contributed by atoms with Crippen molar-refractivity contribution < 1.29 is 17.9 Å². The van der Waals surface area contributed by atoms with Crippen LogP contribution >= 0.6 is 11.3 Å². The molecule has 1 saturated heterocycles. The summed E-state index contributed by atoms with van der Waals surface area (Å²) in [5, 5.41) is 12.0. The Morgan fingerprint density at radius 1 is 1.27 bits per heavy atom. The van der Waals surface area contributed by atoms with E-state index in [1.165, 1.54) is 29.5 Å². The molecule has 3 aromatic rings. The lowest BCUT2D eigenvalue weighted by Gasteiger charge is -2.22. The van der Waals surface area contributed by atoms with Gasteiger partial charge in [0.05, 0.1) is 11.9 Å². The average Bonchev–Trinajstić information content (AvgIpc) is 3.13. The molecule has 3 heterocycles. The molecule has 0 spiro atoms. The molecule has 1 aliphatic heterocycles. The number of piperidine rings is 1. The number of rotatable bonds is 4. The summed E-state index contributed by atoms with van der Waals surface area (Å²) >= 11 is 1.42. The maximum atomic E-state index is 12.4. The summed E-state index contributed by atoms with van der Waals surface area (Å²) in [6.45, 7) is 1.97. The van der Waals surface area contributed by atoms with Crippen LogP contribution in [0.25, 0.3) is 16.2 Å². The number of hydrogen-bond acceptors (Lipinski definition) is 6. The molecule has 26 heavy (non-hydrogen) atoms. The Morgan fingerprint density at radius 3 is 2.81 bits per heavy atom. The number of nitrogens with one attached hydrogen (secondary N) is 2. The Morgan fingerprint density at radius 2 is 2.08 bits per heavy atom. The highest BCUT2D eigenvalue weighted by Crippen LogP contribution is 2.29. The molecule has 1 fully saturated rings. The molecule has 4 rings (SSSR count). The molecule has 0 amide bonds. The number of fused-ring (bicyclic) bond motifs is 1. The molecular weight excluding hydrogens is 367 g/mol. The van der Waals surface area contributed by atoms with Crippen molar-refractivity contribution >= 4 is 21.4 Å². The zero-order valence-corrected chi connectivity index (χ0v) is 14.4. The van der Waals surface area contributed by atoms with E-state index in [0.29, 0.717) is 22.3 Å². The molecular formula is C16H16F3N5OS. The van der Waals surface area contributed by atoms with Gasteiger partial charge >= 0.3 is 6.36 Å².